The fourth-order valence-corrected chi connectivity index (χ4v) is 2.63. The number of anilines is 2. The monoisotopic (exact) mass is 264 g/mol. The molecule has 3 heterocycles. The summed E-state index contributed by atoms with van der Waals surface area (Å²) in [6.45, 7) is 5.33. The van der Waals surface area contributed by atoms with Gasteiger partial charge in [0.1, 0.15) is 11.6 Å². The zero-order valence-corrected chi connectivity index (χ0v) is 11.0. The van der Waals surface area contributed by atoms with E-state index in [1.807, 2.05) is 12.4 Å². The Morgan fingerprint density at radius 3 is 2.58 bits per heavy atom. The lowest BCUT2D eigenvalue weighted by molar-refractivity contribution is 0.122. The van der Waals surface area contributed by atoms with E-state index in [1.165, 1.54) is 0 Å². The topological polar surface area (TPSA) is 61.7 Å². The SMILES string of the molecule is OC[C@H]1CCN(c2cncc(N3CCOCC3)n2)C1. The van der Waals surface area contributed by atoms with Crippen molar-refractivity contribution in [3.63, 3.8) is 0 Å². The Morgan fingerprint density at radius 1 is 1.16 bits per heavy atom. The van der Waals surface area contributed by atoms with Crippen molar-refractivity contribution in [1.29, 1.82) is 0 Å². The molecule has 2 aliphatic rings. The van der Waals surface area contributed by atoms with E-state index in [9.17, 15) is 5.11 Å². The molecule has 2 aliphatic heterocycles. The van der Waals surface area contributed by atoms with E-state index < -0.39 is 0 Å². The molecule has 0 unspecified atom stereocenters. The third kappa shape index (κ3) is 2.79. The molecule has 6 heteroatoms. The second kappa shape index (κ2) is 5.71. The van der Waals surface area contributed by atoms with Gasteiger partial charge < -0.3 is 19.6 Å². The van der Waals surface area contributed by atoms with E-state index in [2.05, 4.69) is 14.8 Å². The lowest BCUT2D eigenvalue weighted by Gasteiger charge is -2.28. The Hall–Kier alpha value is -1.40. The first-order chi connectivity index (χ1) is 9.36. The van der Waals surface area contributed by atoms with Crippen molar-refractivity contribution in [3.05, 3.63) is 12.4 Å². The number of morpholine rings is 1. The number of hydrogen-bond acceptors (Lipinski definition) is 6. The highest BCUT2D eigenvalue weighted by Crippen LogP contribution is 2.23. The quantitative estimate of drug-likeness (QED) is 0.837. The van der Waals surface area contributed by atoms with Gasteiger partial charge in [0.15, 0.2) is 0 Å². The van der Waals surface area contributed by atoms with Gasteiger partial charge in [-0.2, -0.15) is 0 Å². The van der Waals surface area contributed by atoms with E-state index in [1.54, 1.807) is 0 Å². The summed E-state index contributed by atoms with van der Waals surface area (Å²) in [5.41, 5.74) is 0. The predicted octanol–water partition coefficient (Wildman–Crippen LogP) is 0.132. The molecule has 0 spiro atoms. The van der Waals surface area contributed by atoms with Gasteiger partial charge in [-0.25, -0.2) is 4.98 Å². The van der Waals surface area contributed by atoms with Crippen LogP contribution in [0.15, 0.2) is 12.4 Å². The fourth-order valence-electron chi connectivity index (χ4n) is 2.63. The Balaban J connectivity index is 1.72. The fraction of sp³-hybridized carbons (Fsp3) is 0.692. The maximum Gasteiger partial charge on any atom is 0.149 e. The lowest BCUT2D eigenvalue weighted by atomic mass is 10.1. The summed E-state index contributed by atoms with van der Waals surface area (Å²) in [4.78, 5) is 13.4. The van der Waals surface area contributed by atoms with Crippen molar-refractivity contribution < 1.29 is 9.84 Å². The van der Waals surface area contributed by atoms with Gasteiger partial charge >= 0.3 is 0 Å². The molecular formula is C13H20N4O2. The molecule has 0 amide bonds. The number of aliphatic hydroxyl groups excluding tert-OH is 1. The van der Waals surface area contributed by atoms with Crippen LogP contribution < -0.4 is 9.80 Å². The molecule has 2 fully saturated rings. The van der Waals surface area contributed by atoms with Crippen molar-refractivity contribution in [2.75, 3.05) is 55.8 Å². The smallest absolute Gasteiger partial charge is 0.149 e. The van der Waals surface area contributed by atoms with Crippen molar-refractivity contribution in [3.8, 4) is 0 Å². The number of rotatable bonds is 3. The highest BCUT2D eigenvalue weighted by atomic mass is 16.5. The molecule has 1 N–H and O–H groups in total. The van der Waals surface area contributed by atoms with Gasteiger partial charge in [0.25, 0.3) is 0 Å². The van der Waals surface area contributed by atoms with Crippen LogP contribution in [0.1, 0.15) is 6.42 Å². The minimum absolute atomic E-state index is 0.257. The van der Waals surface area contributed by atoms with Gasteiger partial charge in [0.2, 0.25) is 0 Å². The zero-order chi connectivity index (χ0) is 13.1. The summed E-state index contributed by atoms with van der Waals surface area (Å²) >= 11 is 0. The van der Waals surface area contributed by atoms with Crippen LogP contribution in [-0.2, 0) is 4.74 Å². The highest BCUT2D eigenvalue weighted by Gasteiger charge is 2.23. The maximum absolute atomic E-state index is 9.20. The van der Waals surface area contributed by atoms with Crippen LogP contribution in [0.2, 0.25) is 0 Å². The van der Waals surface area contributed by atoms with Gasteiger partial charge in [-0.05, 0) is 6.42 Å². The summed E-state index contributed by atoms with van der Waals surface area (Å²) in [5.74, 6) is 2.21. The Kier molecular flexibility index (Phi) is 3.79. The zero-order valence-electron chi connectivity index (χ0n) is 11.0. The minimum Gasteiger partial charge on any atom is -0.396 e. The molecule has 3 rings (SSSR count). The Labute approximate surface area is 113 Å². The minimum atomic E-state index is 0.257. The van der Waals surface area contributed by atoms with Crippen molar-refractivity contribution >= 4 is 11.6 Å². The molecule has 1 aromatic rings. The lowest BCUT2D eigenvalue weighted by Crippen LogP contribution is -2.37. The molecule has 19 heavy (non-hydrogen) atoms. The number of ether oxygens (including phenoxy) is 1. The average molecular weight is 264 g/mol. The second-order valence-electron chi connectivity index (χ2n) is 5.12. The first-order valence-corrected chi connectivity index (χ1v) is 6.87. The Morgan fingerprint density at radius 2 is 1.89 bits per heavy atom. The summed E-state index contributed by atoms with van der Waals surface area (Å²) in [7, 11) is 0. The summed E-state index contributed by atoms with van der Waals surface area (Å²) in [6.07, 6.45) is 4.65. The van der Waals surface area contributed by atoms with Crippen LogP contribution >= 0.6 is 0 Å². The summed E-state index contributed by atoms with van der Waals surface area (Å²) < 4.78 is 5.35. The molecule has 0 aliphatic carbocycles. The molecule has 0 radical (unpaired) electrons. The van der Waals surface area contributed by atoms with E-state index >= 15 is 0 Å². The molecule has 0 bridgehead atoms. The number of aliphatic hydroxyl groups is 1. The second-order valence-corrected chi connectivity index (χ2v) is 5.12. The first kappa shape index (κ1) is 12.6. The molecular weight excluding hydrogens is 244 g/mol. The summed E-state index contributed by atoms with van der Waals surface area (Å²) in [6, 6.07) is 0. The molecule has 1 aromatic heterocycles. The molecule has 0 saturated carbocycles. The van der Waals surface area contributed by atoms with Gasteiger partial charge in [0, 0.05) is 38.7 Å². The van der Waals surface area contributed by atoms with E-state index in [0.29, 0.717) is 5.92 Å². The van der Waals surface area contributed by atoms with Crippen molar-refractivity contribution in [1.82, 2.24) is 9.97 Å². The molecule has 6 nitrogen and oxygen atoms in total. The van der Waals surface area contributed by atoms with Crippen molar-refractivity contribution in [2.45, 2.75) is 6.42 Å². The average Bonchev–Trinajstić information content (AvgIpc) is 2.97. The normalized spacial score (nSPS) is 23.9. The van der Waals surface area contributed by atoms with E-state index in [4.69, 9.17) is 9.72 Å². The van der Waals surface area contributed by atoms with Crippen LogP contribution in [0.4, 0.5) is 11.6 Å². The van der Waals surface area contributed by atoms with Crippen LogP contribution in [0.3, 0.4) is 0 Å². The molecule has 2 saturated heterocycles. The number of aromatic nitrogens is 2. The van der Waals surface area contributed by atoms with Crippen LogP contribution in [0, 0.1) is 5.92 Å². The van der Waals surface area contributed by atoms with E-state index in [0.717, 1.165) is 57.4 Å². The van der Waals surface area contributed by atoms with Crippen molar-refractivity contribution in [2.24, 2.45) is 5.92 Å². The number of hydrogen-bond donors (Lipinski definition) is 1. The van der Waals surface area contributed by atoms with Crippen LogP contribution in [0.5, 0.6) is 0 Å². The summed E-state index contributed by atoms with van der Waals surface area (Å²) in [5, 5.41) is 9.20. The Bertz CT molecular complexity index is 423. The van der Waals surface area contributed by atoms with E-state index in [-0.39, 0.29) is 6.61 Å². The molecule has 0 aromatic carbocycles. The first-order valence-electron chi connectivity index (χ1n) is 6.87. The standard InChI is InChI=1S/C13H20N4O2/c18-10-11-1-2-17(9-11)13-8-14-7-12(15-13)16-3-5-19-6-4-16/h7-8,11,18H,1-6,9-10H2/t11-/m0/s1. The van der Waals surface area contributed by atoms with Gasteiger partial charge in [-0.15, -0.1) is 0 Å². The maximum atomic E-state index is 9.20. The highest BCUT2D eigenvalue weighted by molar-refractivity contribution is 5.46. The molecule has 1 atom stereocenters. The third-order valence-electron chi connectivity index (χ3n) is 3.81. The van der Waals surface area contributed by atoms with Gasteiger partial charge in [-0.3, -0.25) is 4.98 Å². The predicted molar refractivity (Wildman–Crippen MR) is 72.5 cm³/mol. The molecule has 104 valence electrons. The van der Waals surface area contributed by atoms with Crippen LogP contribution in [0.25, 0.3) is 0 Å². The van der Waals surface area contributed by atoms with Gasteiger partial charge in [0.05, 0.1) is 25.6 Å². The largest absolute Gasteiger partial charge is 0.396 e. The third-order valence-corrected chi connectivity index (χ3v) is 3.81. The van der Waals surface area contributed by atoms with Gasteiger partial charge in [-0.1, -0.05) is 0 Å². The van der Waals surface area contributed by atoms with Crippen LogP contribution in [-0.4, -0.2) is 61.1 Å². The number of nitrogens with zero attached hydrogens (tertiary/aromatic N) is 4.